The van der Waals surface area contributed by atoms with Crippen molar-refractivity contribution >= 4 is 23.4 Å². The predicted octanol–water partition coefficient (Wildman–Crippen LogP) is 4.13. The van der Waals surface area contributed by atoms with Crippen molar-refractivity contribution in [1.82, 2.24) is 10.2 Å². The first kappa shape index (κ1) is 21.0. The van der Waals surface area contributed by atoms with Crippen molar-refractivity contribution in [3.8, 4) is 0 Å². The fourth-order valence-electron chi connectivity index (χ4n) is 2.76. The second-order valence-corrected chi connectivity index (χ2v) is 7.59. The van der Waals surface area contributed by atoms with Crippen molar-refractivity contribution in [3.05, 3.63) is 70.2 Å². The Balaban J connectivity index is 2.21. The highest BCUT2D eigenvalue weighted by atomic mass is 35.5. The molecule has 0 spiro atoms. The third kappa shape index (κ3) is 6.40. The molecule has 2 aromatic rings. The molecule has 2 aromatic carbocycles. The summed E-state index contributed by atoms with van der Waals surface area (Å²) >= 11 is 5.96. The highest BCUT2D eigenvalue weighted by Gasteiger charge is 2.26. The van der Waals surface area contributed by atoms with Gasteiger partial charge in [0, 0.05) is 17.6 Å². The first-order valence-electron chi connectivity index (χ1n) is 9.16. The zero-order valence-electron chi connectivity index (χ0n) is 16.3. The average molecular weight is 387 g/mol. The molecule has 0 saturated carbocycles. The van der Waals surface area contributed by atoms with Gasteiger partial charge in [-0.1, -0.05) is 53.6 Å². The molecule has 0 aliphatic heterocycles. The van der Waals surface area contributed by atoms with E-state index in [2.05, 4.69) is 5.32 Å². The monoisotopic (exact) mass is 386 g/mol. The molecule has 4 nitrogen and oxygen atoms in total. The summed E-state index contributed by atoms with van der Waals surface area (Å²) in [6.45, 7) is 7.94. The fourth-order valence-corrected chi connectivity index (χ4v) is 2.88. The van der Waals surface area contributed by atoms with Gasteiger partial charge >= 0.3 is 0 Å². The Kier molecular flexibility index (Phi) is 7.43. The second kappa shape index (κ2) is 9.56. The maximum absolute atomic E-state index is 13.0. The molecular formula is C22H27ClN2O2. The number of halogens is 1. The van der Waals surface area contributed by atoms with Crippen LogP contribution in [0, 0.1) is 6.92 Å². The Morgan fingerprint density at radius 1 is 0.963 bits per heavy atom. The van der Waals surface area contributed by atoms with Gasteiger partial charge in [0.05, 0.1) is 6.42 Å². The number of rotatable bonds is 7. The Labute approximate surface area is 166 Å². The lowest BCUT2D eigenvalue weighted by Crippen LogP contribution is -2.49. The summed E-state index contributed by atoms with van der Waals surface area (Å²) in [4.78, 5) is 27.2. The van der Waals surface area contributed by atoms with Gasteiger partial charge in [0.15, 0.2) is 0 Å². The first-order valence-corrected chi connectivity index (χ1v) is 9.54. The molecule has 1 unspecified atom stereocenters. The molecule has 0 fully saturated rings. The lowest BCUT2D eigenvalue weighted by atomic mass is 10.1. The molecule has 144 valence electrons. The van der Waals surface area contributed by atoms with Crippen LogP contribution in [-0.4, -0.2) is 28.8 Å². The zero-order chi connectivity index (χ0) is 20.0. The predicted molar refractivity (Wildman–Crippen MR) is 110 cm³/mol. The Bertz CT molecular complexity index is 770. The molecule has 0 aliphatic carbocycles. The molecule has 5 heteroatoms. The van der Waals surface area contributed by atoms with Gasteiger partial charge in [0.25, 0.3) is 0 Å². The number of aryl methyl sites for hydroxylation is 1. The maximum Gasteiger partial charge on any atom is 0.242 e. The highest BCUT2D eigenvalue weighted by Crippen LogP contribution is 2.15. The van der Waals surface area contributed by atoms with E-state index in [1.54, 1.807) is 24.0 Å². The molecule has 1 N–H and O–H groups in total. The van der Waals surface area contributed by atoms with Crippen molar-refractivity contribution < 1.29 is 9.59 Å². The van der Waals surface area contributed by atoms with Crippen LogP contribution in [0.15, 0.2) is 48.5 Å². The van der Waals surface area contributed by atoms with E-state index in [1.807, 2.05) is 57.2 Å². The van der Waals surface area contributed by atoms with Gasteiger partial charge in [-0.25, -0.2) is 0 Å². The van der Waals surface area contributed by atoms with Gasteiger partial charge in [-0.3, -0.25) is 9.59 Å². The van der Waals surface area contributed by atoms with Crippen LogP contribution in [0.4, 0.5) is 0 Å². The Morgan fingerprint density at radius 3 is 2.07 bits per heavy atom. The standard InChI is InChI=1S/C22H27ClN2O2/c1-15(2)24-22(27)17(4)25(14-19-9-11-20(23)12-10-19)21(26)13-18-7-5-16(3)6-8-18/h5-12,15,17H,13-14H2,1-4H3,(H,24,27). The lowest BCUT2D eigenvalue weighted by molar-refractivity contribution is -0.140. The molecule has 0 aromatic heterocycles. The molecule has 0 heterocycles. The number of hydrogen-bond donors (Lipinski definition) is 1. The van der Waals surface area contributed by atoms with Gasteiger partial charge in [-0.05, 0) is 51.0 Å². The second-order valence-electron chi connectivity index (χ2n) is 7.15. The van der Waals surface area contributed by atoms with Crippen molar-refractivity contribution in [2.75, 3.05) is 0 Å². The van der Waals surface area contributed by atoms with E-state index in [0.29, 0.717) is 11.6 Å². The van der Waals surface area contributed by atoms with Crippen LogP contribution in [0.3, 0.4) is 0 Å². The summed E-state index contributed by atoms with van der Waals surface area (Å²) in [5.41, 5.74) is 3.01. The largest absolute Gasteiger partial charge is 0.352 e. The average Bonchev–Trinajstić information content (AvgIpc) is 2.62. The van der Waals surface area contributed by atoms with Gasteiger partial charge in [0.1, 0.15) is 6.04 Å². The molecule has 0 aliphatic rings. The van der Waals surface area contributed by atoms with Crippen LogP contribution in [0.1, 0.15) is 37.5 Å². The van der Waals surface area contributed by atoms with Crippen LogP contribution < -0.4 is 5.32 Å². The summed E-state index contributed by atoms with van der Waals surface area (Å²) in [7, 11) is 0. The van der Waals surface area contributed by atoms with E-state index >= 15 is 0 Å². The summed E-state index contributed by atoms with van der Waals surface area (Å²) in [6, 6.07) is 14.7. The minimum Gasteiger partial charge on any atom is -0.352 e. The number of amides is 2. The smallest absolute Gasteiger partial charge is 0.242 e. The Morgan fingerprint density at radius 2 is 1.52 bits per heavy atom. The number of nitrogens with zero attached hydrogens (tertiary/aromatic N) is 1. The van der Waals surface area contributed by atoms with Crippen LogP contribution in [0.2, 0.25) is 5.02 Å². The molecule has 0 saturated heterocycles. The molecule has 0 bridgehead atoms. The third-order valence-corrected chi connectivity index (χ3v) is 4.59. The summed E-state index contributed by atoms with van der Waals surface area (Å²) in [5.74, 6) is -0.239. The van der Waals surface area contributed by atoms with E-state index in [0.717, 1.165) is 16.7 Å². The van der Waals surface area contributed by atoms with Crippen LogP contribution >= 0.6 is 11.6 Å². The number of nitrogens with one attached hydrogen (secondary N) is 1. The molecule has 1 atom stereocenters. The molecule has 27 heavy (non-hydrogen) atoms. The number of carbonyl (C=O) groups is 2. The highest BCUT2D eigenvalue weighted by molar-refractivity contribution is 6.30. The molecule has 0 radical (unpaired) electrons. The molecule has 2 rings (SSSR count). The van der Waals surface area contributed by atoms with Crippen LogP contribution in [0.25, 0.3) is 0 Å². The molecule has 2 amide bonds. The van der Waals surface area contributed by atoms with Crippen molar-refractivity contribution in [2.24, 2.45) is 0 Å². The summed E-state index contributed by atoms with van der Waals surface area (Å²) in [5, 5.41) is 3.53. The number of benzene rings is 2. The Hall–Kier alpha value is -2.33. The fraction of sp³-hybridized carbons (Fsp3) is 0.364. The van der Waals surface area contributed by atoms with Crippen LogP contribution in [-0.2, 0) is 22.6 Å². The van der Waals surface area contributed by atoms with E-state index in [4.69, 9.17) is 11.6 Å². The van der Waals surface area contributed by atoms with E-state index in [1.165, 1.54) is 0 Å². The minimum absolute atomic E-state index is 0.0181. The zero-order valence-corrected chi connectivity index (χ0v) is 17.1. The number of carbonyl (C=O) groups excluding carboxylic acids is 2. The van der Waals surface area contributed by atoms with E-state index < -0.39 is 6.04 Å². The minimum atomic E-state index is -0.568. The topological polar surface area (TPSA) is 49.4 Å². The normalized spacial score (nSPS) is 11.9. The van der Waals surface area contributed by atoms with Gasteiger partial charge in [-0.2, -0.15) is 0 Å². The third-order valence-electron chi connectivity index (χ3n) is 4.34. The van der Waals surface area contributed by atoms with Crippen LogP contribution in [0.5, 0.6) is 0 Å². The first-order chi connectivity index (χ1) is 12.8. The quantitative estimate of drug-likeness (QED) is 0.777. The van der Waals surface area contributed by atoms with E-state index in [9.17, 15) is 9.59 Å². The maximum atomic E-state index is 13.0. The van der Waals surface area contributed by atoms with Gasteiger partial charge in [0.2, 0.25) is 11.8 Å². The van der Waals surface area contributed by atoms with Gasteiger partial charge in [-0.15, -0.1) is 0 Å². The molecular weight excluding hydrogens is 360 g/mol. The van der Waals surface area contributed by atoms with Gasteiger partial charge < -0.3 is 10.2 Å². The summed E-state index contributed by atoms with van der Waals surface area (Å²) < 4.78 is 0. The van der Waals surface area contributed by atoms with Crippen molar-refractivity contribution in [2.45, 2.75) is 52.7 Å². The lowest BCUT2D eigenvalue weighted by Gasteiger charge is -2.29. The summed E-state index contributed by atoms with van der Waals surface area (Å²) in [6.07, 6.45) is 0.257. The SMILES string of the molecule is Cc1ccc(CC(=O)N(Cc2ccc(Cl)cc2)C(C)C(=O)NC(C)C)cc1. The van der Waals surface area contributed by atoms with Crippen molar-refractivity contribution in [3.63, 3.8) is 0 Å². The van der Waals surface area contributed by atoms with Crippen molar-refractivity contribution in [1.29, 1.82) is 0 Å². The number of hydrogen-bond acceptors (Lipinski definition) is 2. The van der Waals surface area contributed by atoms with E-state index in [-0.39, 0.29) is 24.3 Å².